The Hall–Kier alpha value is 0.350. The van der Waals surface area contributed by atoms with Crippen LogP contribution in [0.3, 0.4) is 0 Å². The summed E-state index contributed by atoms with van der Waals surface area (Å²) < 4.78 is 0. The van der Waals surface area contributed by atoms with Crippen LogP contribution in [-0.2, 0) is 0 Å². The molecule has 0 nitrogen and oxygen atoms in total. The Labute approximate surface area is 81.5 Å². The van der Waals surface area contributed by atoms with Gasteiger partial charge in [0.15, 0.2) is 0 Å². The van der Waals surface area contributed by atoms with E-state index in [1.807, 2.05) is 0 Å². The molecule has 1 rings (SSSR count). The molecule has 1 heterocycles. The fraction of sp³-hybridized carbons (Fsp3) is 1.00. The second-order valence-electron chi connectivity index (χ2n) is 4.78. The summed E-state index contributed by atoms with van der Waals surface area (Å²) in [7, 11) is 0. The van der Waals surface area contributed by atoms with Crippen molar-refractivity contribution in [1.29, 1.82) is 0 Å². The summed E-state index contributed by atoms with van der Waals surface area (Å²) in [6.07, 6.45) is 1.47. The minimum absolute atomic E-state index is 0.888. The van der Waals surface area contributed by atoms with Gasteiger partial charge in [0.05, 0.1) is 0 Å². The summed E-state index contributed by atoms with van der Waals surface area (Å²) in [6.45, 7) is 9.48. The van der Waals surface area contributed by atoms with E-state index in [9.17, 15) is 0 Å². The first-order chi connectivity index (χ1) is 5.61. The fourth-order valence-electron chi connectivity index (χ4n) is 1.82. The predicted octanol–water partition coefficient (Wildman–Crippen LogP) is 3.67. The van der Waals surface area contributed by atoms with E-state index in [1.165, 1.54) is 17.9 Å². The Morgan fingerprint density at radius 1 is 0.917 bits per heavy atom. The molecule has 1 fully saturated rings. The largest absolute Gasteiger partial charge is 0.161 e. The Morgan fingerprint density at radius 2 is 1.33 bits per heavy atom. The van der Waals surface area contributed by atoms with Gasteiger partial charge in [-0.05, 0) is 41.6 Å². The standard InChI is InChI=1S/C11H22S/c1-8(2)10-5-11(9(3)4)7-12-6-10/h8-11H,5-7H2,1-4H3. The molecule has 2 atom stereocenters. The second-order valence-corrected chi connectivity index (χ2v) is 5.86. The zero-order chi connectivity index (χ0) is 9.14. The van der Waals surface area contributed by atoms with E-state index in [0.29, 0.717) is 0 Å². The molecule has 72 valence electrons. The van der Waals surface area contributed by atoms with E-state index in [-0.39, 0.29) is 0 Å². The lowest BCUT2D eigenvalue weighted by atomic mass is 9.83. The number of hydrogen-bond donors (Lipinski definition) is 0. The van der Waals surface area contributed by atoms with Crippen LogP contribution in [0.5, 0.6) is 0 Å². The summed E-state index contributed by atoms with van der Waals surface area (Å²) >= 11 is 2.17. The molecule has 0 radical (unpaired) electrons. The van der Waals surface area contributed by atoms with Crippen molar-refractivity contribution in [2.75, 3.05) is 11.5 Å². The molecule has 0 aromatic carbocycles. The van der Waals surface area contributed by atoms with Crippen molar-refractivity contribution in [2.45, 2.75) is 34.1 Å². The lowest BCUT2D eigenvalue weighted by Gasteiger charge is -2.33. The molecule has 0 aliphatic carbocycles. The van der Waals surface area contributed by atoms with Crippen LogP contribution in [0.2, 0.25) is 0 Å². The van der Waals surface area contributed by atoms with Crippen LogP contribution in [0.25, 0.3) is 0 Å². The van der Waals surface area contributed by atoms with Crippen molar-refractivity contribution in [3.63, 3.8) is 0 Å². The molecule has 1 heteroatoms. The minimum Gasteiger partial charge on any atom is -0.161 e. The van der Waals surface area contributed by atoms with Gasteiger partial charge in [-0.1, -0.05) is 27.7 Å². The van der Waals surface area contributed by atoms with Gasteiger partial charge in [0, 0.05) is 0 Å². The van der Waals surface area contributed by atoms with Gasteiger partial charge in [-0.3, -0.25) is 0 Å². The number of hydrogen-bond acceptors (Lipinski definition) is 1. The Balaban J connectivity index is 2.40. The summed E-state index contributed by atoms with van der Waals surface area (Å²) in [5, 5.41) is 0. The van der Waals surface area contributed by atoms with Crippen molar-refractivity contribution in [3.8, 4) is 0 Å². The van der Waals surface area contributed by atoms with Crippen LogP contribution in [-0.4, -0.2) is 11.5 Å². The lowest BCUT2D eigenvalue weighted by molar-refractivity contribution is 0.282. The third-order valence-corrected chi connectivity index (χ3v) is 4.48. The molecule has 0 amide bonds. The highest BCUT2D eigenvalue weighted by Gasteiger charge is 2.25. The molecule has 0 saturated carbocycles. The first-order valence-corrected chi connectivity index (χ1v) is 6.34. The van der Waals surface area contributed by atoms with E-state index in [1.54, 1.807) is 0 Å². The van der Waals surface area contributed by atoms with Gasteiger partial charge in [0.25, 0.3) is 0 Å². The maximum atomic E-state index is 2.37. The molecular formula is C11H22S. The predicted molar refractivity (Wildman–Crippen MR) is 58.6 cm³/mol. The van der Waals surface area contributed by atoms with Gasteiger partial charge in [-0.15, -0.1) is 0 Å². The van der Waals surface area contributed by atoms with Crippen LogP contribution in [0, 0.1) is 23.7 Å². The van der Waals surface area contributed by atoms with E-state index < -0.39 is 0 Å². The Bertz CT molecular complexity index is 115. The zero-order valence-electron chi connectivity index (χ0n) is 8.84. The molecule has 12 heavy (non-hydrogen) atoms. The first kappa shape index (κ1) is 10.4. The third-order valence-electron chi connectivity index (χ3n) is 3.15. The molecule has 0 aromatic rings. The molecule has 0 bridgehead atoms. The number of rotatable bonds is 2. The van der Waals surface area contributed by atoms with Gasteiger partial charge in [0.2, 0.25) is 0 Å². The van der Waals surface area contributed by atoms with Crippen LogP contribution in [0.1, 0.15) is 34.1 Å². The lowest BCUT2D eigenvalue weighted by Crippen LogP contribution is -2.26. The third kappa shape index (κ3) is 2.69. The SMILES string of the molecule is CC(C)C1CSCC(C(C)C)C1. The summed E-state index contributed by atoms with van der Waals surface area (Å²) in [4.78, 5) is 0. The maximum Gasteiger partial charge on any atom is -0.00365 e. The molecule has 1 saturated heterocycles. The van der Waals surface area contributed by atoms with Crippen molar-refractivity contribution in [2.24, 2.45) is 23.7 Å². The van der Waals surface area contributed by atoms with E-state index >= 15 is 0 Å². The molecule has 0 N–H and O–H groups in total. The molecule has 2 unspecified atom stereocenters. The second kappa shape index (κ2) is 4.55. The normalized spacial score (nSPS) is 31.5. The molecule has 0 aromatic heterocycles. The highest BCUT2D eigenvalue weighted by atomic mass is 32.2. The summed E-state index contributed by atoms with van der Waals surface area (Å²) in [5.74, 6) is 6.55. The quantitative estimate of drug-likeness (QED) is 0.634. The van der Waals surface area contributed by atoms with E-state index in [0.717, 1.165) is 23.7 Å². The fourth-order valence-corrected chi connectivity index (χ4v) is 3.61. The Kier molecular flexibility index (Phi) is 3.95. The van der Waals surface area contributed by atoms with Crippen molar-refractivity contribution >= 4 is 11.8 Å². The van der Waals surface area contributed by atoms with Crippen LogP contribution in [0.4, 0.5) is 0 Å². The van der Waals surface area contributed by atoms with Crippen molar-refractivity contribution in [3.05, 3.63) is 0 Å². The smallest absolute Gasteiger partial charge is 0.00365 e. The molecule has 1 aliphatic heterocycles. The summed E-state index contributed by atoms with van der Waals surface area (Å²) in [5.41, 5.74) is 0. The topological polar surface area (TPSA) is 0 Å². The van der Waals surface area contributed by atoms with Gasteiger partial charge >= 0.3 is 0 Å². The maximum absolute atomic E-state index is 2.37. The van der Waals surface area contributed by atoms with Gasteiger partial charge < -0.3 is 0 Å². The number of thioether (sulfide) groups is 1. The van der Waals surface area contributed by atoms with Crippen LogP contribution in [0.15, 0.2) is 0 Å². The monoisotopic (exact) mass is 186 g/mol. The van der Waals surface area contributed by atoms with E-state index in [4.69, 9.17) is 0 Å². The van der Waals surface area contributed by atoms with Crippen molar-refractivity contribution in [1.82, 2.24) is 0 Å². The Morgan fingerprint density at radius 3 is 1.67 bits per heavy atom. The average Bonchev–Trinajstić information content (AvgIpc) is 2.04. The van der Waals surface area contributed by atoms with Crippen LogP contribution < -0.4 is 0 Å². The zero-order valence-corrected chi connectivity index (χ0v) is 9.66. The molecule has 0 spiro atoms. The van der Waals surface area contributed by atoms with Gasteiger partial charge in [0.1, 0.15) is 0 Å². The van der Waals surface area contributed by atoms with Crippen molar-refractivity contribution < 1.29 is 0 Å². The minimum atomic E-state index is 0.888. The molecular weight excluding hydrogens is 164 g/mol. The van der Waals surface area contributed by atoms with Gasteiger partial charge in [-0.2, -0.15) is 11.8 Å². The van der Waals surface area contributed by atoms with Crippen LogP contribution >= 0.6 is 11.8 Å². The highest BCUT2D eigenvalue weighted by molar-refractivity contribution is 7.99. The summed E-state index contributed by atoms with van der Waals surface area (Å²) in [6, 6.07) is 0. The van der Waals surface area contributed by atoms with E-state index in [2.05, 4.69) is 39.5 Å². The van der Waals surface area contributed by atoms with Gasteiger partial charge in [-0.25, -0.2) is 0 Å². The highest BCUT2D eigenvalue weighted by Crippen LogP contribution is 2.35. The molecule has 1 aliphatic rings. The average molecular weight is 186 g/mol. The first-order valence-electron chi connectivity index (χ1n) is 5.19.